The third-order valence-electron chi connectivity index (χ3n) is 6.33. The number of aromatic nitrogens is 2. The average molecular weight is 539 g/mol. The van der Waals surface area contributed by atoms with E-state index in [1.807, 2.05) is 4.72 Å². The number of nitrogens with zero attached hydrogens (tertiary/aromatic N) is 3. The van der Waals surface area contributed by atoms with E-state index < -0.39 is 27.0 Å². The van der Waals surface area contributed by atoms with Crippen molar-refractivity contribution in [2.75, 3.05) is 13.1 Å². The minimum atomic E-state index is -3.81. The monoisotopic (exact) mass is 538 g/mol. The Bertz CT molecular complexity index is 1470. The molecule has 35 heavy (non-hydrogen) atoms. The van der Waals surface area contributed by atoms with Crippen LogP contribution in [-0.2, 0) is 10.0 Å². The molecule has 5 rings (SSSR count). The highest BCUT2D eigenvalue weighted by atomic mass is 35.5. The fourth-order valence-corrected chi connectivity index (χ4v) is 6.21. The largest absolute Gasteiger partial charge is 0.336 e. The number of halogens is 3. The number of nitrogens with one attached hydrogen (secondary N) is 1. The zero-order chi connectivity index (χ0) is 25.1. The molecule has 0 spiro atoms. The van der Waals surface area contributed by atoms with Crippen molar-refractivity contribution in [3.63, 3.8) is 0 Å². The normalized spacial score (nSPS) is 18.3. The lowest BCUT2D eigenvalue weighted by Crippen LogP contribution is -2.33. The van der Waals surface area contributed by atoms with Crippen molar-refractivity contribution in [1.29, 1.82) is 0 Å². The van der Waals surface area contributed by atoms with Gasteiger partial charge in [-0.3, -0.25) is 14.3 Å². The van der Waals surface area contributed by atoms with Gasteiger partial charge in [-0.05, 0) is 50.5 Å². The van der Waals surface area contributed by atoms with Crippen LogP contribution in [0.5, 0.6) is 0 Å². The minimum absolute atomic E-state index is 0.209. The molecule has 3 aromatic rings. The van der Waals surface area contributed by atoms with Crippen LogP contribution in [0, 0.1) is 12.7 Å². The molecule has 8 nitrogen and oxygen atoms in total. The predicted octanol–water partition coefficient (Wildman–Crippen LogP) is 4.10. The fraction of sp³-hybridized carbons (Fsp3) is 0.348. The molecular formula is C23H21Cl2FN4O4S. The third kappa shape index (κ3) is 4.62. The maximum atomic E-state index is 15.0. The lowest BCUT2D eigenvalue weighted by molar-refractivity contribution is 0.0787. The first-order valence-electron chi connectivity index (χ1n) is 11.0. The molecule has 0 bridgehead atoms. The first-order chi connectivity index (χ1) is 16.5. The lowest BCUT2D eigenvalue weighted by atomic mass is 10.1. The van der Waals surface area contributed by atoms with E-state index in [0.717, 1.165) is 0 Å². The minimum Gasteiger partial charge on any atom is -0.336 e. The summed E-state index contributed by atoms with van der Waals surface area (Å²) in [7, 11) is -3.81. The molecule has 1 aliphatic heterocycles. The maximum absolute atomic E-state index is 15.0. The molecule has 12 heteroatoms. The number of sulfonamides is 1. The molecular weight excluding hydrogens is 518 g/mol. The smallest absolute Gasteiger partial charge is 0.267 e. The number of rotatable bonds is 5. The van der Waals surface area contributed by atoms with Crippen molar-refractivity contribution in [1.82, 2.24) is 19.4 Å². The van der Waals surface area contributed by atoms with E-state index in [-0.39, 0.29) is 17.5 Å². The summed E-state index contributed by atoms with van der Waals surface area (Å²) in [6, 6.07) is 6.97. The Kier molecular flexibility index (Phi) is 6.01. The summed E-state index contributed by atoms with van der Waals surface area (Å²) in [6.07, 6.45) is 1.57. The van der Waals surface area contributed by atoms with E-state index in [2.05, 4.69) is 5.10 Å². The second-order valence-electron chi connectivity index (χ2n) is 8.91. The Morgan fingerprint density at radius 2 is 1.77 bits per heavy atom. The van der Waals surface area contributed by atoms with Gasteiger partial charge in [0.05, 0.1) is 28.1 Å². The molecule has 0 radical (unpaired) electrons. The Balaban J connectivity index is 1.40. The molecule has 1 unspecified atom stereocenters. The van der Waals surface area contributed by atoms with Gasteiger partial charge in [-0.1, -0.05) is 23.2 Å². The number of carbonyl (C=O) groups is 2. The molecule has 2 amide bonds. The molecule has 1 saturated heterocycles. The van der Waals surface area contributed by atoms with Gasteiger partial charge in [0.2, 0.25) is 10.0 Å². The predicted molar refractivity (Wildman–Crippen MR) is 130 cm³/mol. The van der Waals surface area contributed by atoms with Crippen molar-refractivity contribution >= 4 is 55.9 Å². The maximum Gasteiger partial charge on any atom is 0.267 e. The number of amides is 2. The Hall–Kier alpha value is -2.69. The van der Waals surface area contributed by atoms with Crippen molar-refractivity contribution in [2.24, 2.45) is 0 Å². The molecule has 184 valence electrons. The van der Waals surface area contributed by atoms with Crippen molar-refractivity contribution < 1.29 is 22.4 Å². The van der Waals surface area contributed by atoms with Gasteiger partial charge in [0, 0.05) is 40.2 Å². The molecule has 1 saturated carbocycles. The van der Waals surface area contributed by atoms with E-state index in [4.69, 9.17) is 23.2 Å². The summed E-state index contributed by atoms with van der Waals surface area (Å²) < 4.78 is 42.8. The fourth-order valence-electron chi connectivity index (χ4n) is 4.40. The Labute approximate surface area is 211 Å². The number of hydrogen-bond donors (Lipinski definition) is 1. The molecule has 1 aliphatic carbocycles. The van der Waals surface area contributed by atoms with Crippen LogP contribution in [0.15, 0.2) is 30.3 Å². The summed E-state index contributed by atoms with van der Waals surface area (Å²) in [5.41, 5.74) is 1.05. The number of carbonyl (C=O) groups excluding carboxylic acids is 2. The van der Waals surface area contributed by atoms with E-state index >= 15 is 0 Å². The van der Waals surface area contributed by atoms with Crippen LogP contribution >= 0.6 is 23.2 Å². The average Bonchev–Trinajstić information content (AvgIpc) is 3.46. The summed E-state index contributed by atoms with van der Waals surface area (Å²) in [6.45, 7) is 2.55. The molecule has 1 atom stereocenters. The summed E-state index contributed by atoms with van der Waals surface area (Å²) >= 11 is 12.1. The molecule has 2 fully saturated rings. The second-order valence-corrected chi connectivity index (χ2v) is 11.7. The van der Waals surface area contributed by atoms with E-state index in [9.17, 15) is 22.4 Å². The quantitative estimate of drug-likeness (QED) is 0.526. The summed E-state index contributed by atoms with van der Waals surface area (Å²) in [5, 5.41) is 5.21. The van der Waals surface area contributed by atoms with Crippen molar-refractivity contribution in [3.05, 3.63) is 63.0 Å². The van der Waals surface area contributed by atoms with Crippen LogP contribution in [0.25, 0.3) is 10.9 Å². The number of hydrogen-bond acceptors (Lipinski definition) is 5. The van der Waals surface area contributed by atoms with Crippen LogP contribution < -0.4 is 4.72 Å². The number of likely N-dealkylation sites (tertiary alicyclic amines) is 1. The third-order valence-corrected chi connectivity index (χ3v) is 8.58. The molecule has 2 aliphatic rings. The van der Waals surface area contributed by atoms with Gasteiger partial charge in [-0.2, -0.15) is 5.10 Å². The van der Waals surface area contributed by atoms with E-state index in [1.165, 1.54) is 12.1 Å². The van der Waals surface area contributed by atoms with Gasteiger partial charge in [0.1, 0.15) is 5.82 Å². The Morgan fingerprint density at radius 1 is 1.09 bits per heavy atom. The zero-order valence-corrected chi connectivity index (χ0v) is 20.9. The summed E-state index contributed by atoms with van der Waals surface area (Å²) in [5.74, 6) is -2.06. The van der Waals surface area contributed by atoms with Crippen LogP contribution in [0.3, 0.4) is 0 Å². The van der Waals surface area contributed by atoms with Crippen LogP contribution in [-0.4, -0.2) is 53.3 Å². The van der Waals surface area contributed by atoms with E-state index in [1.54, 1.807) is 34.7 Å². The van der Waals surface area contributed by atoms with Gasteiger partial charge in [-0.25, -0.2) is 17.5 Å². The van der Waals surface area contributed by atoms with Crippen molar-refractivity contribution in [3.8, 4) is 0 Å². The first-order valence-corrected chi connectivity index (χ1v) is 13.3. The lowest BCUT2D eigenvalue weighted by Gasteiger charge is -2.17. The molecule has 1 aromatic heterocycles. The second kappa shape index (κ2) is 8.76. The van der Waals surface area contributed by atoms with E-state index in [0.29, 0.717) is 64.6 Å². The zero-order valence-electron chi connectivity index (χ0n) is 18.6. The van der Waals surface area contributed by atoms with Crippen molar-refractivity contribution in [2.45, 2.75) is 37.5 Å². The number of fused-ring (bicyclic) bond motifs is 1. The summed E-state index contributed by atoms with van der Waals surface area (Å²) in [4.78, 5) is 27.1. The van der Waals surface area contributed by atoms with Gasteiger partial charge >= 0.3 is 0 Å². The van der Waals surface area contributed by atoms with Gasteiger partial charge in [-0.15, -0.1) is 0 Å². The number of aryl methyl sites for hydroxylation is 1. The van der Waals surface area contributed by atoms with Crippen LogP contribution in [0.2, 0.25) is 10.0 Å². The SMILES string of the molecule is Cc1nn(C2CCN(C(=O)c3cc(Cl)cc(Cl)c3)C2)c2cc(F)c(C(=O)NS(=O)(=O)C3CC3)cc12. The molecule has 1 N–H and O–H groups in total. The topological polar surface area (TPSA) is 101 Å². The van der Waals surface area contributed by atoms with Gasteiger partial charge in [0.25, 0.3) is 11.8 Å². The number of benzene rings is 2. The highest BCUT2D eigenvalue weighted by Crippen LogP contribution is 2.31. The first kappa shape index (κ1) is 24.0. The molecule has 2 heterocycles. The van der Waals surface area contributed by atoms with Crippen LogP contribution in [0.4, 0.5) is 4.39 Å². The highest BCUT2D eigenvalue weighted by molar-refractivity contribution is 7.91. The van der Waals surface area contributed by atoms with Gasteiger partial charge < -0.3 is 4.90 Å². The standard InChI is InChI=1S/C23H21Cl2FN4O4S/c1-12-18-9-19(22(31)28-35(33,34)17-2-3-17)20(26)10-21(18)30(27-12)16-4-5-29(11-16)23(32)13-6-14(24)8-15(25)7-13/h6-10,16-17H,2-5,11H2,1H3,(H,28,31). The highest BCUT2D eigenvalue weighted by Gasteiger charge is 2.37. The Morgan fingerprint density at radius 3 is 2.43 bits per heavy atom. The molecule has 2 aromatic carbocycles. The van der Waals surface area contributed by atoms with Gasteiger partial charge in [0.15, 0.2) is 0 Å². The van der Waals surface area contributed by atoms with Crippen LogP contribution in [0.1, 0.15) is 51.7 Å².